The van der Waals surface area contributed by atoms with Crippen LogP contribution in [0.1, 0.15) is 25.5 Å². The summed E-state index contributed by atoms with van der Waals surface area (Å²) in [6.07, 6.45) is 1.95. The molecule has 0 aliphatic carbocycles. The van der Waals surface area contributed by atoms with Crippen LogP contribution >= 0.6 is 0 Å². The SMILES string of the molecule is C=Nc1c(C(N)=NC)ccn1C(C)C. The highest BCUT2D eigenvalue weighted by Crippen LogP contribution is 2.24. The summed E-state index contributed by atoms with van der Waals surface area (Å²) in [5.41, 5.74) is 6.58. The van der Waals surface area contributed by atoms with Crippen LogP contribution in [0.4, 0.5) is 5.82 Å². The Hall–Kier alpha value is -1.58. The molecule has 0 aliphatic heterocycles. The maximum atomic E-state index is 5.73. The summed E-state index contributed by atoms with van der Waals surface area (Å²) in [6, 6.07) is 2.25. The molecular weight excluding hydrogens is 176 g/mol. The molecule has 76 valence electrons. The first-order chi connectivity index (χ1) is 6.61. The topological polar surface area (TPSA) is 55.7 Å². The zero-order valence-electron chi connectivity index (χ0n) is 8.86. The van der Waals surface area contributed by atoms with Crippen LogP contribution in [0.5, 0.6) is 0 Å². The van der Waals surface area contributed by atoms with E-state index in [4.69, 9.17) is 5.73 Å². The van der Waals surface area contributed by atoms with E-state index in [1.165, 1.54) is 0 Å². The molecule has 0 saturated carbocycles. The van der Waals surface area contributed by atoms with Gasteiger partial charge < -0.3 is 10.3 Å². The number of aromatic nitrogens is 1. The van der Waals surface area contributed by atoms with Crippen molar-refractivity contribution in [2.24, 2.45) is 15.7 Å². The molecule has 0 aromatic carbocycles. The summed E-state index contributed by atoms with van der Waals surface area (Å²) in [4.78, 5) is 7.91. The number of nitrogens with zero attached hydrogens (tertiary/aromatic N) is 3. The molecule has 1 rings (SSSR count). The van der Waals surface area contributed by atoms with Crippen LogP contribution in [0, 0.1) is 0 Å². The molecule has 0 bridgehead atoms. The van der Waals surface area contributed by atoms with E-state index < -0.39 is 0 Å². The fourth-order valence-corrected chi connectivity index (χ4v) is 1.34. The minimum Gasteiger partial charge on any atom is -0.383 e. The van der Waals surface area contributed by atoms with Gasteiger partial charge in [0.1, 0.15) is 11.7 Å². The van der Waals surface area contributed by atoms with Crippen molar-refractivity contribution in [2.75, 3.05) is 7.05 Å². The van der Waals surface area contributed by atoms with Crippen LogP contribution in [-0.2, 0) is 0 Å². The minimum absolute atomic E-state index is 0.342. The third-order valence-electron chi connectivity index (χ3n) is 2.11. The van der Waals surface area contributed by atoms with Crippen LogP contribution in [-0.4, -0.2) is 24.2 Å². The maximum Gasteiger partial charge on any atom is 0.143 e. The van der Waals surface area contributed by atoms with Crippen molar-refractivity contribution in [1.82, 2.24) is 4.57 Å². The van der Waals surface area contributed by atoms with Gasteiger partial charge in [0.25, 0.3) is 0 Å². The first-order valence-corrected chi connectivity index (χ1v) is 4.52. The van der Waals surface area contributed by atoms with Crippen molar-refractivity contribution < 1.29 is 0 Å². The van der Waals surface area contributed by atoms with Crippen molar-refractivity contribution in [3.8, 4) is 0 Å². The van der Waals surface area contributed by atoms with Gasteiger partial charge in [-0.25, -0.2) is 4.99 Å². The fraction of sp³-hybridized carbons (Fsp3) is 0.400. The Kier molecular flexibility index (Phi) is 3.06. The van der Waals surface area contributed by atoms with Gasteiger partial charge in [0.15, 0.2) is 0 Å². The molecule has 1 aromatic heterocycles. The highest BCUT2D eigenvalue weighted by Gasteiger charge is 2.11. The average molecular weight is 192 g/mol. The van der Waals surface area contributed by atoms with Crippen molar-refractivity contribution in [2.45, 2.75) is 19.9 Å². The lowest BCUT2D eigenvalue weighted by molar-refractivity contribution is 0.608. The Morgan fingerprint density at radius 1 is 1.57 bits per heavy atom. The molecule has 2 N–H and O–H groups in total. The largest absolute Gasteiger partial charge is 0.383 e. The van der Waals surface area contributed by atoms with Gasteiger partial charge in [0.05, 0.1) is 5.56 Å². The molecule has 0 saturated heterocycles. The summed E-state index contributed by atoms with van der Waals surface area (Å²) < 4.78 is 2.01. The predicted molar refractivity (Wildman–Crippen MR) is 60.7 cm³/mol. The number of amidine groups is 1. The lowest BCUT2D eigenvalue weighted by atomic mass is 10.3. The number of nitrogens with two attached hydrogens (primary N) is 1. The highest BCUT2D eigenvalue weighted by atomic mass is 15.1. The lowest BCUT2D eigenvalue weighted by Gasteiger charge is -2.10. The molecule has 0 fully saturated rings. The first kappa shape index (κ1) is 10.5. The van der Waals surface area contributed by atoms with E-state index in [1.807, 2.05) is 16.8 Å². The quantitative estimate of drug-likeness (QED) is 0.575. The van der Waals surface area contributed by atoms with E-state index in [1.54, 1.807) is 7.05 Å². The summed E-state index contributed by atoms with van der Waals surface area (Å²) in [5, 5.41) is 0. The van der Waals surface area contributed by atoms with E-state index in [0.717, 1.165) is 11.4 Å². The van der Waals surface area contributed by atoms with Crippen molar-refractivity contribution >= 4 is 18.4 Å². The molecule has 4 heteroatoms. The first-order valence-electron chi connectivity index (χ1n) is 4.52. The van der Waals surface area contributed by atoms with Crippen LogP contribution in [0.25, 0.3) is 0 Å². The van der Waals surface area contributed by atoms with Crippen LogP contribution in [0.15, 0.2) is 22.2 Å². The summed E-state index contributed by atoms with van der Waals surface area (Å²) in [7, 11) is 1.66. The summed E-state index contributed by atoms with van der Waals surface area (Å²) in [6.45, 7) is 7.70. The Morgan fingerprint density at radius 2 is 2.21 bits per heavy atom. The zero-order valence-corrected chi connectivity index (χ0v) is 8.86. The van der Waals surface area contributed by atoms with Gasteiger partial charge in [0, 0.05) is 19.3 Å². The van der Waals surface area contributed by atoms with Crippen molar-refractivity contribution in [3.63, 3.8) is 0 Å². The van der Waals surface area contributed by atoms with Crippen LogP contribution in [0.3, 0.4) is 0 Å². The molecule has 0 amide bonds. The van der Waals surface area contributed by atoms with Gasteiger partial charge in [-0.2, -0.15) is 0 Å². The molecule has 0 spiro atoms. The van der Waals surface area contributed by atoms with E-state index in [9.17, 15) is 0 Å². The normalized spacial score (nSPS) is 12.1. The van der Waals surface area contributed by atoms with Crippen molar-refractivity contribution in [3.05, 3.63) is 17.8 Å². The Balaban J connectivity index is 3.27. The van der Waals surface area contributed by atoms with E-state index in [2.05, 4.69) is 30.5 Å². The van der Waals surface area contributed by atoms with E-state index >= 15 is 0 Å². The molecule has 0 radical (unpaired) electrons. The zero-order chi connectivity index (χ0) is 10.7. The molecule has 1 heterocycles. The molecule has 0 atom stereocenters. The number of aliphatic imine (C=N–C) groups is 2. The second kappa shape index (κ2) is 4.09. The Morgan fingerprint density at radius 3 is 2.64 bits per heavy atom. The number of hydrogen-bond donors (Lipinski definition) is 1. The maximum absolute atomic E-state index is 5.73. The van der Waals surface area contributed by atoms with Crippen LogP contribution in [0.2, 0.25) is 0 Å². The predicted octanol–water partition coefficient (Wildman–Crippen LogP) is 1.74. The molecule has 0 aliphatic rings. The Bertz CT molecular complexity index is 360. The van der Waals surface area contributed by atoms with Gasteiger partial charge in [-0.3, -0.25) is 4.99 Å². The average Bonchev–Trinajstić information content (AvgIpc) is 2.59. The number of rotatable bonds is 3. The van der Waals surface area contributed by atoms with Gasteiger partial charge >= 0.3 is 0 Å². The monoisotopic (exact) mass is 192 g/mol. The summed E-state index contributed by atoms with van der Waals surface area (Å²) >= 11 is 0. The smallest absolute Gasteiger partial charge is 0.143 e. The lowest BCUT2D eigenvalue weighted by Crippen LogP contribution is -2.12. The van der Waals surface area contributed by atoms with Crippen LogP contribution < -0.4 is 5.73 Å². The molecule has 0 unspecified atom stereocenters. The van der Waals surface area contributed by atoms with Gasteiger partial charge in [-0.15, -0.1) is 0 Å². The highest BCUT2D eigenvalue weighted by molar-refractivity contribution is 6.01. The van der Waals surface area contributed by atoms with Gasteiger partial charge in [-0.1, -0.05) is 0 Å². The van der Waals surface area contributed by atoms with Gasteiger partial charge in [0.2, 0.25) is 0 Å². The van der Waals surface area contributed by atoms with E-state index in [0.29, 0.717) is 11.9 Å². The molecular formula is C10H16N4. The third-order valence-corrected chi connectivity index (χ3v) is 2.11. The minimum atomic E-state index is 0.342. The fourth-order valence-electron chi connectivity index (χ4n) is 1.34. The molecule has 14 heavy (non-hydrogen) atoms. The van der Waals surface area contributed by atoms with Gasteiger partial charge in [-0.05, 0) is 26.6 Å². The number of hydrogen-bond acceptors (Lipinski definition) is 2. The third kappa shape index (κ3) is 1.69. The standard InChI is InChI=1S/C10H16N4/c1-7(2)14-6-5-8(9(11)12-3)10(14)13-4/h5-7H,4H2,1-3H3,(H2,11,12). The van der Waals surface area contributed by atoms with E-state index in [-0.39, 0.29) is 0 Å². The second-order valence-corrected chi connectivity index (χ2v) is 3.32. The molecule has 4 nitrogen and oxygen atoms in total. The van der Waals surface area contributed by atoms with Crippen molar-refractivity contribution in [1.29, 1.82) is 0 Å². The molecule has 1 aromatic rings. The Labute approximate surface area is 84.2 Å². The second-order valence-electron chi connectivity index (χ2n) is 3.32. The summed E-state index contributed by atoms with van der Waals surface area (Å²) in [5.74, 6) is 1.27.